The van der Waals surface area contributed by atoms with Crippen LogP contribution in [-0.2, 0) is 22.6 Å². The molecule has 10 nitrogen and oxygen atoms in total. The van der Waals surface area contributed by atoms with Crippen LogP contribution in [0.3, 0.4) is 0 Å². The van der Waals surface area contributed by atoms with Crippen molar-refractivity contribution >= 4 is 22.7 Å². The van der Waals surface area contributed by atoms with E-state index in [4.69, 9.17) is 9.47 Å². The zero-order valence-corrected chi connectivity index (χ0v) is 22.3. The van der Waals surface area contributed by atoms with Crippen molar-refractivity contribution in [1.82, 2.24) is 19.4 Å². The summed E-state index contributed by atoms with van der Waals surface area (Å²) in [4.78, 5) is 52.5. The van der Waals surface area contributed by atoms with Crippen LogP contribution in [0.2, 0.25) is 0 Å². The molecule has 0 saturated carbocycles. The Kier molecular flexibility index (Phi) is 8.19. The second-order valence-corrected chi connectivity index (χ2v) is 9.55. The first-order valence-corrected chi connectivity index (χ1v) is 12.7. The molecule has 1 fully saturated rings. The molecule has 0 radical (unpaired) electrons. The number of aromatic nitrogens is 2. The molecule has 0 atom stereocenters. The fraction of sp³-hybridized carbons (Fsp3) is 0.429. The van der Waals surface area contributed by atoms with Gasteiger partial charge < -0.3 is 19.7 Å². The molecule has 2 heterocycles. The first-order valence-electron chi connectivity index (χ1n) is 12.7. The van der Waals surface area contributed by atoms with E-state index in [-0.39, 0.29) is 35.6 Å². The van der Waals surface area contributed by atoms with Gasteiger partial charge in [0.15, 0.2) is 11.5 Å². The normalized spacial score (nSPS) is 13.9. The van der Waals surface area contributed by atoms with Gasteiger partial charge in [-0.3, -0.25) is 23.5 Å². The third kappa shape index (κ3) is 5.58. The Hall–Kier alpha value is -4.08. The highest BCUT2D eigenvalue weighted by atomic mass is 16.5. The zero-order valence-electron chi connectivity index (χ0n) is 22.3. The number of methoxy groups -OCH3 is 2. The zero-order chi connectivity index (χ0) is 27.4. The Morgan fingerprint density at radius 3 is 2.26 bits per heavy atom. The predicted octanol–water partition coefficient (Wildman–Crippen LogP) is 2.09. The molecule has 1 N–H and O–H groups in total. The maximum absolute atomic E-state index is 13.9. The summed E-state index contributed by atoms with van der Waals surface area (Å²) in [6, 6.07) is 10.7. The number of benzene rings is 2. The number of rotatable bonds is 8. The number of nitrogens with one attached hydrogen (secondary N) is 1. The minimum absolute atomic E-state index is 0.0166. The highest BCUT2D eigenvalue weighted by Crippen LogP contribution is 2.28. The van der Waals surface area contributed by atoms with E-state index in [1.54, 1.807) is 41.7 Å². The Morgan fingerprint density at radius 2 is 1.63 bits per heavy atom. The van der Waals surface area contributed by atoms with Gasteiger partial charge >= 0.3 is 5.69 Å². The Morgan fingerprint density at radius 1 is 0.947 bits per heavy atom. The summed E-state index contributed by atoms with van der Waals surface area (Å²) < 4.78 is 13.7. The maximum Gasteiger partial charge on any atom is 0.332 e. The minimum atomic E-state index is -0.385. The van der Waals surface area contributed by atoms with Crippen molar-refractivity contribution in [3.05, 3.63) is 68.4 Å². The first kappa shape index (κ1) is 27.0. The second-order valence-electron chi connectivity index (χ2n) is 9.55. The van der Waals surface area contributed by atoms with Crippen LogP contribution in [0.4, 0.5) is 0 Å². The number of carbonyl (C=O) groups excluding carboxylic acids is 2. The van der Waals surface area contributed by atoms with Crippen molar-refractivity contribution in [2.75, 3.05) is 33.9 Å². The van der Waals surface area contributed by atoms with Crippen molar-refractivity contribution in [2.45, 2.75) is 45.7 Å². The van der Waals surface area contributed by atoms with E-state index in [1.165, 1.54) is 18.6 Å². The monoisotopic (exact) mass is 522 g/mol. The summed E-state index contributed by atoms with van der Waals surface area (Å²) in [5.74, 6) is 0.966. The third-order valence-electron chi connectivity index (χ3n) is 7.08. The average Bonchev–Trinajstić information content (AvgIpc) is 2.91. The van der Waals surface area contributed by atoms with E-state index in [0.717, 1.165) is 11.1 Å². The lowest BCUT2D eigenvalue weighted by atomic mass is 10.0. The van der Waals surface area contributed by atoms with E-state index in [2.05, 4.69) is 5.32 Å². The first-order chi connectivity index (χ1) is 18.2. The van der Waals surface area contributed by atoms with Crippen LogP contribution in [0.1, 0.15) is 43.9 Å². The SMILES string of the molecule is COc1ccc(Cn2c(=O)c3cc(CCNC(C)=O)ccc3n(C3CCN(C(C)=O)CC3)c2=O)cc1OC. The molecule has 10 heteroatoms. The van der Waals surface area contributed by atoms with Crippen LogP contribution < -0.4 is 26.0 Å². The van der Waals surface area contributed by atoms with Gasteiger partial charge in [0.25, 0.3) is 5.56 Å². The standard InChI is InChI=1S/C28H34N4O6/c1-18(33)29-12-9-20-5-7-24-23(15-20)27(35)31(17-21-6-8-25(37-3)26(16-21)38-4)28(36)32(24)22-10-13-30(14-11-22)19(2)34/h5-8,15-16,22H,9-14,17H2,1-4H3,(H,29,33). The third-order valence-corrected chi connectivity index (χ3v) is 7.08. The van der Waals surface area contributed by atoms with Gasteiger partial charge in [-0.05, 0) is 54.7 Å². The summed E-state index contributed by atoms with van der Waals surface area (Å²) in [5.41, 5.74) is 1.43. The quantitative estimate of drug-likeness (QED) is 0.485. The van der Waals surface area contributed by atoms with Crippen molar-refractivity contribution in [3.8, 4) is 11.5 Å². The Labute approximate surface area is 220 Å². The van der Waals surface area contributed by atoms with Gasteiger partial charge in [-0.1, -0.05) is 12.1 Å². The summed E-state index contributed by atoms with van der Waals surface area (Å²) in [7, 11) is 3.08. The van der Waals surface area contributed by atoms with Crippen molar-refractivity contribution in [3.63, 3.8) is 0 Å². The van der Waals surface area contributed by atoms with Gasteiger partial charge in [-0.2, -0.15) is 0 Å². The Balaban J connectivity index is 1.81. The molecule has 3 aromatic rings. The molecule has 1 saturated heterocycles. The fourth-order valence-electron chi connectivity index (χ4n) is 5.06. The molecule has 1 aromatic heterocycles. The smallest absolute Gasteiger partial charge is 0.332 e. The number of amides is 2. The van der Waals surface area contributed by atoms with Crippen molar-refractivity contribution in [2.24, 2.45) is 0 Å². The summed E-state index contributed by atoms with van der Waals surface area (Å²) in [5, 5.41) is 3.22. The topological polar surface area (TPSA) is 112 Å². The number of carbonyl (C=O) groups is 2. The lowest BCUT2D eigenvalue weighted by Crippen LogP contribution is -2.45. The number of hydrogen-bond acceptors (Lipinski definition) is 6. The van der Waals surface area contributed by atoms with Gasteiger partial charge in [0, 0.05) is 39.5 Å². The van der Waals surface area contributed by atoms with E-state index in [1.807, 2.05) is 18.2 Å². The van der Waals surface area contributed by atoms with Crippen molar-refractivity contribution in [1.29, 1.82) is 0 Å². The molecule has 38 heavy (non-hydrogen) atoms. The van der Waals surface area contributed by atoms with Gasteiger partial charge in [0.05, 0.1) is 31.7 Å². The molecule has 1 aliphatic heterocycles. The second kappa shape index (κ2) is 11.5. The van der Waals surface area contributed by atoms with Gasteiger partial charge in [0.2, 0.25) is 11.8 Å². The molecular formula is C28H34N4O6. The predicted molar refractivity (Wildman–Crippen MR) is 144 cm³/mol. The van der Waals surface area contributed by atoms with Crippen LogP contribution in [0.25, 0.3) is 10.9 Å². The lowest BCUT2D eigenvalue weighted by Gasteiger charge is -2.33. The van der Waals surface area contributed by atoms with Crippen LogP contribution >= 0.6 is 0 Å². The van der Waals surface area contributed by atoms with Gasteiger partial charge in [-0.25, -0.2) is 4.79 Å². The summed E-state index contributed by atoms with van der Waals surface area (Å²) >= 11 is 0. The van der Waals surface area contributed by atoms with Crippen LogP contribution in [0.15, 0.2) is 46.0 Å². The van der Waals surface area contributed by atoms with Gasteiger partial charge in [0.1, 0.15) is 0 Å². The maximum atomic E-state index is 13.9. The molecule has 2 amide bonds. The van der Waals surface area contributed by atoms with Crippen LogP contribution in [-0.4, -0.2) is 59.7 Å². The molecule has 1 aliphatic rings. The van der Waals surface area contributed by atoms with Crippen LogP contribution in [0, 0.1) is 0 Å². The number of hydrogen-bond donors (Lipinski definition) is 1. The summed E-state index contributed by atoms with van der Waals surface area (Å²) in [6.07, 6.45) is 1.79. The lowest BCUT2D eigenvalue weighted by molar-refractivity contribution is -0.130. The molecule has 0 bridgehead atoms. The largest absolute Gasteiger partial charge is 0.493 e. The molecular weight excluding hydrogens is 488 g/mol. The van der Waals surface area contributed by atoms with Crippen LogP contribution in [0.5, 0.6) is 11.5 Å². The molecule has 4 rings (SSSR count). The molecule has 0 spiro atoms. The van der Waals surface area contributed by atoms with E-state index in [0.29, 0.717) is 61.3 Å². The highest BCUT2D eigenvalue weighted by molar-refractivity contribution is 5.79. The number of fused-ring (bicyclic) bond motifs is 1. The number of nitrogens with zero attached hydrogens (tertiary/aromatic N) is 3. The fourth-order valence-corrected chi connectivity index (χ4v) is 5.06. The van der Waals surface area contributed by atoms with E-state index >= 15 is 0 Å². The average molecular weight is 523 g/mol. The number of ether oxygens (including phenoxy) is 2. The van der Waals surface area contributed by atoms with E-state index < -0.39 is 0 Å². The molecule has 202 valence electrons. The molecule has 2 aromatic carbocycles. The highest BCUT2D eigenvalue weighted by Gasteiger charge is 2.26. The van der Waals surface area contributed by atoms with E-state index in [9.17, 15) is 19.2 Å². The molecule has 0 unspecified atom stereocenters. The molecule has 0 aliphatic carbocycles. The Bertz CT molecular complexity index is 1470. The minimum Gasteiger partial charge on any atom is -0.493 e. The number of likely N-dealkylation sites (tertiary alicyclic amines) is 1. The number of piperidine rings is 1. The van der Waals surface area contributed by atoms with Gasteiger partial charge in [-0.15, -0.1) is 0 Å². The summed E-state index contributed by atoms with van der Waals surface area (Å²) in [6.45, 7) is 4.63. The van der Waals surface area contributed by atoms with Crippen molar-refractivity contribution < 1.29 is 19.1 Å².